The van der Waals surface area contributed by atoms with Crippen molar-refractivity contribution in [3.63, 3.8) is 0 Å². The van der Waals surface area contributed by atoms with E-state index in [2.05, 4.69) is 4.72 Å². The number of nitro groups is 1. The molecule has 0 aliphatic rings. The number of benzene rings is 2. The molecule has 0 fully saturated rings. The Labute approximate surface area is 170 Å². The fourth-order valence-electron chi connectivity index (χ4n) is 2.81. The number of nitro benzene ring substituents is 1. The molecule has 2 rings (SSSR count). The molecule has 0 aliphatic carbocycles. The summed E-state index contributed by atoms with van der Waals surface area (Å²) in [7, 11) is -7.94. The van der Waals surface area contributed by atoms with Gasteiger partial charge in [0.2, 0.25) is 10.0 Å². The predicted octanol–water partition coefficient (Wildman–Crippen LogP) is 3.04. The summed E-state index contributed by atoms with van der Waals surface area (Å²) in [5.41, 5.74) is 0.536. The number of anilines is 1. The number of nitrogens with one attached hydrogen (secondary N) is 1. The van der Waals surface area contributed by atoms with E-state index in [1.54, 1.807) is 20.8 Å². The third kappa shape index (κ3) is 4.74. The second-order valence-corrected chi connectivity index (χ2v) is 9.97. The first-order valence-corrected chi connectivity index (χ1v) is 11.7. The van der Waals surface area contributed by atoms with Crippen LogP contribution in [0.25, 0.3) is 0 Å². The summed E-state index contributed by atoms with van der Waals surface area (Å²) < 4.78 is 54.6. The molecule has 0 bridgehead atoms. The van der Waals surface area contributed by atoms with E-state index in [9.17, 15) is 26.9 Å². The fourth-order valence-corrected chi connectivity index (χ4v) is 5.59. The molecule has 0 aromatic heterocycles. The maximum absolute atomic E-state index is 12.8. The summed E-state index contributed by atoms with van der Waals surface area (Å²) in [5.74, 6) is 0. The minimum Gasteiger partial charge on any atom is -0.280 e. The molecule has 0 unspecified atom stereocenters. The van der Waals surface area contributed by atoms with Gasteiger partial charge in [-0.2, -0.15) is 4.31 Å². The van der Waals surface area contributed by atoms with Gasteiger partial charge in [0.25, 0.3) is 15.7 Å². The molecule has 2 aromatic carbocycles. The number of rotatable bonds is 8. The van der Waals surface area contributed by atoms with Crippen LogP contribution in [-0.2, 0) is 20.0 Å². The van der Waals surface area contributed by atoms with Crippen molar-refractivity contribution in [1.82, 2.24) is 4.31 Å². The lowest BCUT2D eigenvalue weighted by Crippen LogP contribution is -2.31. The van der Waals surface area contributed by atoms with Gasteiger partial charge in [-0.25, -0.2) is 16.8 Å². The van der Waals surface area contributed by atoms with Crippen LogP contribution in [0.4, 0.5) is 11.4 Å². The summed E-state index contributed by atoms with van der Waals surface area (Å²) in [6, 6.07) is 7.77. The van der Waals surface area contributed by atoms with Crippen molar-refractivity contribution in [3.8, 4) is 0 Å². The fraction of sp³-hybridized carbons (Fsp3) is 0.333. The van der Waals surface area contributed by atoms with Crippen LogP contribution in [0.1, 0.15) is 25.0 Å². The van der Waals surface area contributed by atoms with Crippen LogP contribution in [0, 0.1) is 24.0 Å². The molecular formula is C18H23N3O6S2. The van der Waals surface area contributed by atoms with E-state index in [0.29, 0.717) is 11.1 Å². The minimum absolute atomic E-state index is 0.00344. The highest BCUT2D eigenvalue weighted by Crippen LogP contribution is 2.27. The smallest absolute Gasteiger partial charge is 0.273 e. The first-order chi connectivity index (χ1) is 13.4. The molecule has 11 heteroatoms. The normalized spacial score (nSPS) is 12.2. The summed E-state index contributed by atoms with van der Waals surface area (Å²) in [5, 5.41) is 11.1. The maximum atomic E-state index is 12.8. The molecule has 158 valence electrons. The van der Waals surface area contributed by atoms with Gasteiger partial charge in [-0.15, -0.1) is 0 Å². The largest absolute Gasteiger partial charge is 0.280 e. The Morgan fingerprint density at radius 2 is 1.55 bits per heavy atom. The van der Waals surface area contributed by atoms with Gasteiger partial charge in [0, 0.05) is 24.7 Å². The van der Waals surface area contributed by atoms with Crippen molar-refractivity contribution in [1.29, 1.82) is 0 Å². The van der Waals surface area contributed by atoms with Gasteiger partial charge in [-0.05, 0) is 37.6 Å². The number of hydrogen-bond acceptors (Lipinski definition) is 6. The molecule has 0 saturated carbocycles. The van der Waals surface area contributed by atoms with Gasteiger partial charge in [-0.3, -0.25) is 14.8 Å². The Bertz CT molecular complexity index is 1140. The summed E-state index contributed by atoms with van der Waals surface area (Å²) in [4.78, 5) is 10.1. The van der Waals surface area contributed by atoms with E-state index >= 15 is 0 Å². The van der Waals surface area contributed by atoms with Crippen LogP contribution >= 0.6 is 0 Å². The molecule has 0 saturated heterocycles. The van der Waals surface area contributed by atoms with E-state index in [0.717, 1.165) is 6.07 Å². The van der Waals surface area contributed by atoms with Gasteiger partial charge in [-0.1, -0.05) is 26.0 Å². The van der Waals surface area contributed by atoms with Crippen molar-refractivity contribution in [2.75, 3.05) is 17.8 Å². The SMILES string of the molecule is CCN(CC)S(=O)(=O)c1cc(NS(=O)(=O)c2ccc(C)c([N+](=O)[O-])c2)ccc1C. The second kappa shape index (κ2) is 8.47. The Kier molecular flexibility index (Phi) is 6.66. The molecule has 0 atom stereocenters. The molecule has 0 spiro atoms. The Morgan fingerprint density at radius 1 is 0.966 bits per heavy atom. The van der Waals surface area contributed by atoms with E-state index in [1.165, 1.54) is 41.6 Å². The first-order valence-electron chi connectivity index (χ1n) is 8.82. The summed E-state index contributed by atoms with van der Waals surface area (Å²) >= 11 is 0. The van der Waals surface area contributed by atoms with Crippen LogP contribution in [0.3, 0.4) is 0 Å². The third-order valence-electron chi connectivity index (χ3n) is 4.45. The quantitative estimate of drug-likeness (QED) is 0.495. The first kappa shape index (κ1) is 22.8. The number of aryl methyl sites for hydroxylation is 2. The summed E-state index contributed by atoms with van der Waals surface area (Å²) in [6.07, 6.45) is 0. The maximum Gasteiger partial charge on any atom is 0.273 e. The number of sulfonamides is 2. The van der Waals surface area contributed by atoms with Crippen molar-refractivity contribution in [2.24, 2.45) is 0 Å². The van der Waals surface area contributed by atoms with Gasteiger partial charge in [0.15, 0.2) is 0 Å². The molecule has 2 aromatic rings. The van der Waals surface area contributed by atoms with Crippen molar-refractivity contribution < 1.29 is 21.8 Å². The molecule has 9 nitrogen and oxygen atoms in total. The highest BCUT2D eigenvalue weighted by Gasteiger charge is 2.25. The standard InChI is InChI=1S/C18H23N3O6S2/c1-5-20(6-2)29(26,27)18-11-15(9-7-14(18)4)19-28(24,25)16-10-8-13(3)17(12-16)21(22)23/h7-12,19H,5-6H2,1-4H3. The molecule has 0 heterocycles. The highest BCUT2D eigenvalue weighted by molar-refractivity contribution is 7.92. The van der Waals surface area contributed by atoms with E-state index in [1.807, 2.05) is 0 Å². The van der Waals surface area contributed by atoms with Crippen LogP contribution in [0.15, 0.2) is 46.2 Å². The third-order valence-corrected chi connectivity index (χ3v) is 8.02. The van der Waals surface area contributed by atoms with Crippen LogP contribution in [0.2, 0.25) is 0 Å². The van der Waals surface area contributed by atoms with E-state index in [-0.39, 0.29) is 34.3 Å². The molecule has 0 radical (unpaired) electrons. The Hall–Kier alpha value is -2.50. The predicted molar refractivity (Wildman–Crippen MR) is 110 cm³/mol. The zero-order valence-electron chi connectivity index (χ0n) is 16.5. The Morgan fingerprint density at radius 3 is 2.10 bits per heavy atom. The summed E-state index contributed by atoms with van der Waals surface area (Å²) in [6.45, 7) is 7.12. The van der Waals surface area contributed by atoms with Gasteiger partial charge in [0.05, 0.1) is 20.4 Å². The lowest BCUT2D eigenvalue weighted by Gasteiger charge is -2.20. The highest BCUT2D eigenvalue weighted by atomic mass is 32.2. The molecular weight excluding hydrogens is 418 g/mol. The van der Waals surface area contributed by atoms with E-state index < -0.39 is 25.0 Å². The average Bonchev–Trinajstić information content (AvgIpc) is 2.63. The molecule has 29 heavy (non-hydrogen) atoms. The van der Waals surface area contributed by atoms with Crippen molar-refractivity contribution in [3.05, 3.63) is 57.6 Å². The van der Waals surface area contributed by atoms with Crippen molar-refractivity contribution >= 4 is 31.4 Å². The average molecular weight is 442 g/mol. The number of nitrogens with zero attached hydrogens (tertiary/aromatic N) is 2. The zero-order chi connectivity index (χ0) is 22.0. The minimum atomic E-state index is -4.16. The molecule has 0 aliphatic heterocycles. The van der Waals surface area contributed by atoms with Gasteiger partial charge in [0.1, 0.15) is 0 Å². The lowest BCUT2D eigenvalue weighted by molar-refractivity contribution is -0.385. The zero-order valence-corrected chi connectivity index (χ0v) is 18.2. The number of hydrogen-bond donors (Lipinski definition) is 1. The van der Waals surface area contributed by atoms with Crippen LogP contribution in [-0.4, -0.2) is 39.2 Å². The monoisotopic (exact) mass is 441 g/mol. The topological polar surface area (TPSA) is 127 Å². The van der Waals surface area contributed by atoms with Gasteiger partial charge >= 0.3 is 0 Å². The molecule has 0 amide bonds. The van der Waals surface area contributed by atoms with E-state index in [4.69, 9.17) is 0 Å². The van der Waals surface area contributed by atoms with Gasteiger partial charge < -0.3 is 0 Å². The van der Waals surface area contributed by atoms with Crippen LogP contribution < -0.4 is 4.72 Å². The lowest BCUT2D eigenvalue weighted by atomic mass is 10.2. The van der Waals surface area contributed by atoms with Crippen LogP contribution in [0.5, 0.6) is 0 Å². The second-order valence-electron chi connectivity index (χ2n) is 6.38. The van der Waals surface area contributed by atoms with Crippen molar-refractivity contribution in [2.45, 2.75) is 37.5 Å². The molecule has 1 N–H and O–H groups in total. The Balaban J connectivity index is 2.48.